The molecule has 0 unspecified atom stereocenters. The van der Waals surface area contributed by atoms with Crippen LogP contribution in [0.2, 0.25) is 0 Å². The molecule has 0 bridgehead atoms. The Balaban J connectivity index is 0.000000310. The number of nitrogens with two attached hydrogens (primary N) is 2. The van der Waals surface area contributed by atoms with Gasteiger partial charge in [0, 0.05) is 18.7 Å². The molecule has 3 aromatic carbocycles. The summed E-state index contributed by atoms with van der Waals surface area (Å²) in [6, 6.07) is 24.3. The lowest BCUT2D eigenvalue weighted by Gasteiger charge is -2.15. The van der Waals surface area contributed by atoms with Gasteiger partial charge in [0.15, 0.2) is 0 Å². The number of aromatic nitrogens is 4. The number of nitrogens with zero attached hydrogens (tertiary/aromatic N) is 5. The van der Waals surface area contributed by atoms with Gasteiger partial charge in [0.2, 0.25) is 5.95 Å². The van der Waals surface area contributed by atoms with Crippen molar-refractivity contribution in [3.8, 4) is 11.8 Å². The number of benzene rings is 3. The average molecular weight is 563 g/mol. The van der Waals surface area contributed by atoms with Crippen LogP contribution in [0, 0.1) is 18.3 Å². The molecule has 2 aromatic heterocycles. The van der Waals surface area contributed by atoms with E-state index in [1.807, 2.05) is 73.7 Å². The standard InChI is InChI=1S/C25H23N3O3.C6H7N5/c1-3-22-27-21-11-7-10-20(23(21)24(29)28(22)19-8-5-4-6-9-19)26-16-17-12-14-18(15-13-17)25(30)31-2;1-3-4(2-7)5(8)11-6(9)10-3/h4-15,26H,3,16H2,1-2H3;1H3,(H4,8,9,10,11). The third kappa shape index (κ3) is 6.34. The van der Waals surface area contributed by atoms with Gasteiger partial charge in [0.1, 0.15) is 23.3 Å². The number of nitrogen functional groups attached to an aromatic ring is 2. The molecule has 0 aliphatic carbocycles. The summed E-state index contributed by atoms with van der Waals surface area (Å²) in [5.41, 5.74) is 15.0. The molecule has 11 nitrogen and oxygen atoms in total. The SMILES string of the molecule is CCc1nc2cccc(NCc3ccc(C(=O)OC)cc3)c2c(=O)n1-c1ccccc1.Cc1nc(N)nc(N)c1C#N. The van der Waals surface area contributed by atoms with Gasteiger partial charge in [-0.25, -0.2) is 14.8 Å². The van der Waals surface area contributed by atoms with E-state index < -0.39 is 0 Å². The van der Waals surface area contributed by atoms with Crippen molar-refractivity contribution in [3.05, 3.63) is 111 Å². The predicted octanol–water partition coefficient (Wildman–Crippen LogP) is 4.17. The molecule has 0 atom stereocenters. The van der Waals surface area contributed by atoms with E-state index in [1.54, 1.807) is 23.6 Å². The average Bonchev–Trinajstić information content (AvgIpc) is 3.00. The first-order chi connectivity index (χ1) is 20.3. The third-order valence-corrected chi connectivity index (χ3v) is 6.40. The topological polar surface area (TPSA) is 175 Å². The number of esters is 1. The number of para-hydroxylation sites is 1. The van der Waals surface area contributed by atoms with Crippen molar-refractivity contribution in [1.29, 1.82) is 5.26 Å². The number of methoxy groups -OCH3 is 1. The van der Waals surface area contributed by atoms with E-state index in [1.165, 1.54) is 7.11 Å². The van der Waals surface area contributed by atoms with Crippen molar-refractivity contribution in [3.63, 3.8) is 0 Å². The number of nitriles is 1. The Kier molecular flexibility index (Phi) is 9.09. The molecule has 0 amide bonds. The second-order valence-corrected chi connectivity index (χ2v) is 9.14. The highest BCUT2D eigenvalue weighted by Gasteiger charge is 2.14. The molecule has 42 heavy (non-hydrogen) atoms. The van der Waals surface area contributed by atoms with Gasteiger partial charge in [0.25, 0.3) is 5.56 Å². The number of rotatable bonds is 6. The zero-order chi connectivity index (χ0) is 30.2. The highest BCUT2D eigenvalue weighted by molar-refractivity contribution is 5.91. The molecule has 0 spiro atoms. The molecule has 0 saturated heterocycles. The maximum atomic E-state index is 13.5. The Hall–Kier alpha value is -5.76. The molecule has 2 heterocycles. The van der Waals surface area contributed by atoms with E-state index in [0.717, 1.165) is 22.8 Å². The van der Waals surface area contributed by atoms with Crippen molar-refractivity contribution in [2.45, 2.75) is 26.8 Å². The number of aryl methyl sites for hydroxylation is 2. The molecule has 0 radical (unpaired) electrons. The molecule has 0 aliphatic heterocycles. The van der Waals surface area contributed by atoms with E-state index >= 15 is 0 Å². The normalized spacial score (nSPS) is 10.3. The maximum Gasteiger partial charge on any atom is 0.337 e. The van der Waals surface area contributed by atoms with Gasteiger partial charge in [0.05, 0.1) is 35.0 Å². The minimum atomic E-state index is -0.368. The number of anilines is 3. The highest BCUT2D eigenvalue weighted by atomic mass is 16.5. The summed E-state index contributed by atoms with van der Waals surface area (Å²) in [6.45, 7) is 4.15. The highest BCUT2D eigenvalue weighted by Crippen LogP contribution is 2.22. The van der Waals surface area contributed by atoms with Gasteiger partial charge < -0.3 is 21.5 Å². The van der Waals surface area contributed by atoms with Gasteiger partial charge in [-0.1, -0.05) is 43.3 Å². The number of hydrogen-bond donors (Lipinski definition) is 3. The fourth-order valence-corrected chi connectivity index (χ4v) is 4.33. The van der Waals surface area contributed by atoms with Crippen LogP contribution in [-0.4, -0.2) is 32.6 Å². The molecule has 0 saturated carbocycles. The van der Waals surface area contributed by atoms with Crippen LogP contribution in [0.1, 0.15) is 39.9 Å². The Bertz CT molecular complexity index is 1810. The molecule has 0 aliphatic rings. The summed E-state index contributed by atoms with van der Waals surface area (Å²) in [7, 11) is 1.36. The summed E-state index contributed by atoms with van der Waals surface area (Å²) in [5.74, 6) is 0.587. The van der Waals surface area contributed by atoms with Crippen LogP contribution in [0.4, 0.5) is 17.5 Å². The van der Waals surface area contributed by atoms with Crippen LogP contribution in [0.25, 0.3) is 16.6 Å². The number of hydrogen-bond acceptors (Lipinski definition) is 10. The minimum absolute atomic E-state index is 0.0963. The zero-order valence-corrected chi connectivity index (χ0v) is 23.5. The van der Waals surface area contributed by atoms with E-state index in [2.05, 4.69) is 15.3 Å². The first-order valence-corrected chi connectivity index (χ1v) is 13.1. The lowest BCUT2D eigenvalue weighted by molar-refractivity contribution is 0.0600. The monoisotopic (exact) mass is 562 g/mol. The van der Waals surface area contributed by atoms with E-state index in [9.17, 15) is 9.59 Å². The molecule has 212 valence electrons. The van der Waals surface area contributed by atoms with Crippen LogP contribution >= 0.6 is 0 Å². The fourth-order valence-electron chi connectivity index (χ4n) is 4.33. The second-order valence-electron chi connectivity index (χ2n) is 9.14. The van der Waals surface area contributed by atoms with Gasteiger partial charge in [-0.15, -0.1) is 0 Å². The number of fused-ring (bicyclic) bond motifs is 1. The fraction of sp³-hybridized carbons (Fsp3) is 0.161. The summed E-state index contributed by atoms with van der Waals surface area (Å²) in [6.07, 6.45) is 0.643. The van der Waals surface area contributed by atoms with Gasteiger partial charge in [-0.3, -0.25) is 9.36 Å². The molecule has 5 rings (SSSR count). The van der Waals surface area contributed by atoms with Crippen molar-refractivity contribution < 1.29 is 9.53 Å². The Morgan fingerprint density at radius 3 is 2.33 bits per heavy atom. The van der Waals surface area contributed by atoms with Crippen LogP contribution < -0.4 is 22.3 Å². The maximum absolute atomic E-state index is 13.5. The van der Waals surface area contributed by atoms with Gasteiger partial charge in [-0.05, 0) is 48.9 Å². The quantitative estimate of drug-likeness (QED) is 0.255. The number of carbonyl (C=O) groups excluding carboxylic acids is 1. The molecule has 11 heteroatoms. The van der Waals surface area contributed by atoms with Crippen LogP contribution in [0.5, 0.6) is 0 Å². The Morgan fingerprint density at radius 2 is 1.71 bits per heavy atom. The van der Waals surface area contributed by atoms with Gasteiger partial charge >= 0.3 is 5.97 Å². The van der Waals surface area contributed by atoms with E-state index in [0.29, 0.717) is 40.7 Å². The Morgan fingerprint density at radius 1 is 1.00 bits per heavy atom. The van der Waals surface area contributed by atoms with Gasteiger partial charge in [-0.2, -0.15) is 10.2 Å². The lowest BCUT2D eigenvalue weighted by Crippen LogP contribution is -2.24. The molecule has 0 fully saturated rings. The predicted molar refractivity (Wildman–Crippen MR) is 162 cm³/mol. The van der Waals surface area contributed by atoms with Crippen LogP contribution in [-0.2, 0) is 17.7 Å². The molecule has 5 N–H and O–H groups in total. The Labute approximate surface area is 242 Å². The third-order valence-electron chi connectivity index (χ3n) is 6.40. The van der Waals surface area contributed by atoms with Crippen LogP contribution in [0.15, 0.2) is 77.6 Å². The number of nitrogens with one attached hydrogen (secondary N) is 1. The smallest absolute Gasteiger partial charge is 0.337 e. The summed E-state index contributed by atoms with van der Waals surface area (Å²) < 4.78 is 6.41. The number of carbonyl (C=O) groups is 1. The second kappa shape index (κ2) is 13.1. The van der Waals surface area contributed by atoms with Crippen molar-refractivity contribution in [2.24, 2.45) is 0 Å². The minimum Gasteiger partial charge on any atom is -0.465 e. The zero-order valence-electron chi connectivity index (χ0n) is 23.5. The van der Waals surface area contributed by atoms with Crippen molar-refractivity contribution in [1.82, 2.24) is 19.5 Å². The summed E-state index contributed by atoms with van der Waals surface area (Å²) in [5, 5.41) is 12.4. The summed E-state index contributed by atoms with van der Waals surface area (Å²) >= 11 is 0. The van der Waals surface area contributed by atoms with Crippen LogP contribution in [0.3, 0.4) is 0 Å². The van der Waals surface area contributed by atoms with Crippen molar-refractivity contribution in [2.75, 3.05) is 23.9 Å². The molecular weight excluding hydrogens is 532 g/mol. The van der Waals surface area contributed by atoms with Crippen molar-refractivity contribution >= 4 is 34.3 Å². The molecule has 5 aromatic rings. The molecular formula is C31H30N8O3. The van der Waals surface area contributed by atoms with E-state index in [4.69, 9.17) is 26.5 Å². The summed E-state index contributed by atoms with van der Waals surface area (Å²) in [4.78, 5) is 37.3. The van der Waals surface area contributed by atoms with E-state index in [-0.39, 0.29) is 23.3 Å². The number of ether oxygens (including phenoxy) is 1. The largest absolute Gasteiger partial charge is 0.465 e. The first-order valence-electron chi connectivity index (χ1n) is 13.1. The first kappa shape index (κ1) is 29.2. The lowest BCUT2D eigenvalue weighted by atomic mass is 10.1.